The van der Waals surface area contributed by atoms with Crippen molar-refractivity contribution < 1.29 is 9.84 Å². The molecule has 1 unspecified atom stereocenters. The van der Waals surface area contributed by atoms with Crippen LogP contribution in [0.3, 0.4) is 0 Å². The Morgan fingerprint density at radius 1 is 1.24 bits per heavy atom. The minimum absolute atomic E-state index is 0.487. The summed E-state index contributed by atoms with van der Waals surface area (Å²) in [5, 5.41) is 11.2. The quantitative estimate of drug-likeness (QED) is 0.733. The summed E-state index contributed by atoms with van der Waals surface area (Å²) >= 11 is 13.0. The van der Waals surface area contributed by atoms with Gasteiger partial charge in [-0.25, -0.2) is 0 Å². The van der Waals surface area contributed by atoms with Crippen molar-refractivity contribution in [2.24, 2.45) is 0 Å². The van der Waals surface area contributed by atoms with E-state index in [2.05, 4.69) is 37.9 Å². The highest BCUT2D eigenvalue weighted by atomic mass is 79.9. The van der Waals surface area contributed by atoms with Crippen molar-refractivity contribution in [1.29, 1.82) is 0 Å². The van der Waals surface area contributed by atoms with Gasteiger partial charge in [-0.1, -0.05) is 43.5 Å². The first-order chi connectivity index (χ1) is 10.0. The first-order valence-corrected chi connectivity index (χ1v) is 8.58. The molecule has 110 valence electrons. The monoisotopic (exact) mass is 430 g/mol. The topological polar surface area (TPSA) is 29.5 Å². The highest BCUT2D eigenvalue weighted by molar-refractivity contribution is 9.10. The van der Waals surface area contributed by atoms with Crippen molar-refractivity contribution in [2.45, 2.75) is 18.9 Å². The molecule has 0 saturated carbocycles. The van der Waals surface area contributed by atoms with E-state index >= 15 is 0 Å². The molecule has 2 aromatic carbocycles. The summed E-state index contributed by atoms with van der Waals surface area (Å²) in [6, 6.07) is 9.51. The molecule has 1 atom stereocenters. The van der Waals surface area contributed by atoms with Crippen LogP contribution in [0.1, 0.15) is 22.8 Å². The zero-order valence-electron chi connectivity index (χ0n) is 11.1. The number of benzene rings is 2. The second-order valence-corrected chi connectivity index (χ2v) is 7.24. The van der Waals surface area contributed by atoms with Crippen LogP contribution >= 0.6 is 43.5 Å². The van der Waals surface area contributed by atoms with Gasteiger partial charge in [0, 0.05) is 26.8 Å². The third-order valence-electron chi connectivity index (χ3n) is 3.56. The molecule has 0 saturated heterocycles. The highest BCUT2D eigenvalue weighted by Crippen LogP contribution is 2.36. The fourth-order valence-corrected chi connectivity index (χ4v) is 3.83. The van der Waals surface area contributed by atoms with Gasteiger partial charge >= 0.3 is 0 Å². The summed E-state index contributed by atoms with van der Waals surface area (Å²) in [7, 11) is 0. The Morgan fingerprint density at radius 2 is 2.05 bits per heavy atom. The molecule has 2 nitrogen and oxygen atoms in total. The Morgan fingerprint density at radius 3 is 2.86 bits per heavy atom. The molecule has 2 aromatic rings. The summed E-state index contributed by atoms with van der Waals surface area (Å²) in [6.07, 6.45) is 0.764. The predicted molar refractivity (Wildman–Crippen MR) is 91.2 cm³/mol. The van der Waals surface area contributed by atoms with Crippen molar-refractivity contribution >= 4 is 43.5 Å². The zero-order valence-corrected chi connectivity index (χ0v) is 15.0. The first-order valence-electron chi connectivity index (χ1n) is 6.61. The lowest BCUT2D eigenvalue weighted by atomic mass is 9.99. The summed E-state index contributed by atoms with van der Waals surface area (Å²) in [4.78, 5) is 0. The van der Waals surface area contributed by atoms with Gasteiger partial charge in [-0.3, -0.25) is 0 Å². The molecule has 1 aliphatic rings. The van der Waals surface area contributed by atoms with Crippen LogP contribution < -0.4 is 4.74 Å². The van der Waals surface area contributed by atoms with Crippen LogP contribution in [0.5, 0.6) is 5.75 Å². The van der Waals surface area contributed by atoms with E-state index in [9.17, 15) is 5.11 Å². The van der Waals surface area contributed by atoms with Crippen LogP contribution in [0.15, 0.2) is 39.3 Å². The minimum atomic E-state index is -0.638. The van der Waals surface area contributed by atoms with Gasteiger partial charge in [0.25, 0.3) is 0 Å². The number of aliphatic hydroxyl groups excluding tert-OH is 1. The molecule has 1 N–H and O–H groups in total. The van der Waals surface area contributed by atoms with E-state index in [4.69, 9.17) is 16.3 Å². The second-order valence-electron chi connectivity index (χ2n) is 5.04. The number of rotatable bonds is 3. The van der Waals surface area contributed by atoms with Gasteiger partial charge in [-0.05, 0) is 47.0 Å². The molecule has 0 bridgehead atoms. The standard InChI is InChI=1S/C16H13Br2ClO2/c17-11-5-9-3-4-21-16(9)10(6-11)7-15(20)13-8-12(19)1-2-14(13)18/h1-2,5-6,8,15,20H,3-4,7H2. The molecule has 1 heterocycles. The molecular weight excluding hydrogens is 419 g/mol. The largest absolute Gasteiger partial charge is 0.493 e. The number of hydrogen-bond donors (Lipinski definition) is 1. The van der Waals surface area contributed by atoms with Crippen LogP contribution in [0, 0.1) is 0 Å². The number of ether oxygens (including phenoxy) is 1. The zero-order chi connectivity index (χ0) is 15.0. The summed E-state index contributed by atoms with van der Waals surface area (Å²) < 4.78 is 7.57. The Balaban J connectivity index is 1.92. The van der Waals surface area contributed by atoms with Crippen molar-refractivity contribution in [1.82, 2.24) is 0 Å². The summed E-state index contributed by atoms with van der Waals surface area (Å²) in [5.74, 6) is 0.912. The molecule has 21 heavy (non-hydrogen) atoms. The molecule has 5 heteroatoms. The second kappa shape index (κ2) is 6.29. The molecular formula is C16H13Br2ClO2. The van der Waals surface area contributed by atoms with Crippen molar-refractivity contribution in [2.75, 3.05) is 6.61 Å². The smallest absolute Gasteiger partial charge is 0.125 e. The van der Waals surface area contributed by atoms with Crippen LogP contribution in [0.2, 0.25) is 5.02 Å². The van der Waals surface area contributed by atoms with E-state index in [0.717, 1.165) is 32.2 Å². The van der Waals surface area contributed by atoms with Crippen LogP contribution in [0.25, 0.3) is 0 Å². The normalized spacial score (nSPS) is 14.7. The van der Waals surface area contributed by atoms with Crippen LogP contribution in [-0.2, 0) is 12.8 Å². The van der Waals surface area contributed by atoms with Gasteiger partial charge < -0.3 is 9.84 Å². The number of fused-ring (bicyclic) bond motifs is 1. The summed E-state index contributed by atoms with van der Waals surface area (Å²) in [5.41, 5.74) is 2.99. The molecule has 0 aromatic heterocycles. The Kier molecular flexibility index (Phi) is 4.60. The fourth-order valence-electron chi connectivity index (χ4n) is 2.59. The highest BCUT2D eigenvalue weighted by Gasteiger charge is 2.21. The van der Waals surface area contributed by atoms with Gasteiger partial charge in [-0.15, -0.1) is 0 Å². The van der Waals surface area contributed by atoms with E-state index in [-0.39, 0.29) is 0 Å². The Hall–Kier alpha value is -0.550. The number of aliphatic hydroxyl groups is 1. The maximum absolute atomic E-state index is 10.5. The average molecular weight is 433 g/mol. The minimum Gasteiger partial charge on any atom is -0.493 e. The van der Waals surface area contributed by atoms with Crippen molar-refractivity contribution in [3.63, 3.8) is 0 Å². The SMILES string of the molecule is OC(Cc1cc(Br)cc2c1OCC2)c1cc(Cl)ccc1Br. The molecule has 0 radical (unpaired) electrons. The molecule has 0 fully saturated rings. The van der Waals surface area contributed by atoms with E-state index < -0.39 is 6.10 Å². The number of halogens is 3. The summed E-state index contributed by atoms with van der Waals surface area (Å²) in [6.45, 7) is 0.704. The number of hydrogen-bond acceptors (Lipinski definition) is 2. The molecule has 0 amide bonds. The maximum Gasteiger partial charge on any atom is 0.125 e. The van der Waals surface area contributed by atoms with Crippen LogP contribution in [0.4, 0.5) is 0 Å². The van der Waals surface area contributed by atoms with Gasteiger partial charge in [0.2, 0.25) is 0 Å². The Labute approximate surface area is 145 Å². The first kappa shape index (κ1) is 15.3. The maximum atomic E-state index is 10.5. The molecule has 3 rings (SSSR count). The fraction of sp³-hybridized carbons (Fsp3) is 0.250. The van der Waals surface area contributed by atoms with Gasteiger partial charge in [0.05, 0.1) is 12.7 Å². The third-order valence-corrected chi connectivity index (χ3v) is 4.97. The van der Waals surface area contributed by atoms with E-state index in [0.29, 0.717) is 18.1 Å². The van der Waals surface area contributed by atoms with E-state index in [1.54, 1.807) is 12.1 Å². The van der Waals surface area contributed by atoms with Crippen LogP contribution in [-0.4, -0.2) is 11.7 Å². The lowest BCUT2D eigenvalue weighted by Crippen LogP contribution is -2.04. The van der Waals surface area contributed by atoms with E-state index in [1.807, 2.05) is 12.1 Å². The molecule has 0 spiro atoms. The van der Waals surface area contributed by atoms with Crippen molar-refractivity contribution in [3.8, 4) is 5.75 Å². The third kappa shape index (κ3) is 3.29. The average Bonchev–Trinajstić information content (AvgIpc) is 2.89. The predicted octanol–water partition coefficient (Wildman–Crippen LogP) is 5.08. The Bertz CT molecular complexity index is 688. The van der Waals surface area contributed by atoms with Gasteiger partial charge in [0.15, 0.2) is 0 Å². The lowest BCUT2D eigenvalue weighted by molar-refractivity contribution is 0.176. The van der Waals surface area contributed by atoms with Crippen molar-refractivity contribution in [3.05, 3.63) is 61.0 Å². The van der Waals surface area contributed by atoms with Gasteiger partial charge in [-0.2, -0.15) is 0 Å². The molecule has 0 aliphatic carbocycles. The molecule has 1 aliphatic heterocycles. The van der Waals surface area contributed by atoms with Gasteiger partial charge in [0.1, 0.15) is 5.75 Å². The lowest BCUT2D eigenvalue weighted by Gasteiger charge is -2.16. The van der Waals surface area contributed by atoms with E-state index in [1.165, 1.54) is 5.56 Å².